The van der Waals surface area contributed by atoms with Crippen molar-refractivity contribution in [3.05, 3.63) is 63.6 Å². The summed E-state index contributed by atoms with van der Waals surface area (Å²) in [4.78, 5) is 12.2. The van der Waals surface area contributed by atoms with Crippen LogP contribution in [0.3, 0.4) is 0 Å². The Kier molecular flexibility index (Phi) is 12.8. The number of unbranched alkanes of at least 4 members (excludes halogenated alkanes) is 9. The first-order chi connectivity index (χ1) is 15.5. The highest BCUT2D eigenvalue weighted by Gasteiger charge is 2.10. The van der Waals surface area contributed by atoms with Crippen molar-refractivity contribution in [2.45, 2.75) is 90.0 Å². The summed E-state index contributed by atoms with van der Waals surface area (Å²) in [7, 11) is 0. The Hall–Kier alpha value is -1.55. The molecule has 0 spiro atoms. The molecule has 0 aromatic heterocycles. The van der Waals surface area contributed by atoms with Gasteiger partial charge in [0.25, 0.3) is 0 Å². The quantitative estimate of drug-likeness (QED) is 0.257. The minimum absolute atomic E-state index is 0.0632. The highest BCUT2D eigenvalue weighted by molar-refractivity contribution is 6.34. The molecule has 5 heteroatoms. The van der Waals surface area contributed by atoms with Gasteiger partial charge in [-0.15, -0.1) is 0 Å². The third kappa shape index (κ3) is 10.8. The predicted molar refractivity (Wildman–Crippen MR) is 138 cm³/mol. The van der Waals surface area contributed by atoms with Gasteiger partial charge in [-0.1, -0.05) is 100 Å². The van der Waals surface area contributed by atoms with Crippen molar-refractivity contribution in [3.63, 3.8) is 0 Å². The molecule has 0 saturated carbocycles. The summed E-state index contributed by atoms with van der Waals surface area (Å²) in [6.07, 6.45) is 13.7. The summed E-state index contributed by atoms with van der Waals surface area (Å²) in [5.74, 6) is 0.0632. The molecule has 1 unspecified atom stereocenters. The highest BCUT2D eigenvalue weighted by Crippen LogP contribution is 2.24. The van der Waals surface area contributed by atoms with Crippen molar-refractivity contribution >= 4 is 34.8 Å². The average Bonchev–Trinajstić information content (AvgIpc) is 2.75. The summed E-state index contributed by atoms with van der Waals surface area (Å²) in [5, 5.41) is 4.14. The van der Waals surface area contributed by atoms with Crippen molar-refractivity contribution in [3.8, 4) is 0 Å². The Morgan fingerprint density at radius 2 is 1.38 bits per heavy atom. The molecule has 2 N–H and O–H groups in total. The fourth-order valence-corrected chi connectivity index (χ4v) is 4.45. The molecule has 2 aromatic carbocycles. The van der Waals surface area contributed by atoms with E-state index in [1.165, 1.54) is 51.4 Å². The van der Waals surface area contributed by atoms with Crippen LogP contribution in [0.15, 0.2) is 42.5 Å². The van der Waals surface area contributed by atoms with Crippen molar-refractivity contribution in [2.24, 2.45) is 0 Å². The molecule has 32 heavy (non-hydrogen) atoms. The zero-order chi connectivity index (χ0) is 23.2. The van der Waals surface area contributed by atoms with E-state index >= 15 is 0 Å². The number of hydrogen-bond donors (Lipinski definition) is 1. The van der Waals surface area contributed by atoms with Crippen molar-refractivity contribution in [1.29, 1.82) is 0 Å². The van der Waals surface area contributed by atoms with Crippen LogP contribution in [-0.4, -0.2) is 5.91 Å². The van der Waals surface area contributed by atoms with Gasteiger partial charge in [0, 0.05) is 22.2 Å². The number of benzene rings is 2. The summed E-state index contributed by atoms with van der Waals surface area (Å²) in [6, 6.07) is 12.5. The van der Waals surface area contributed by atoms with E-state index in [1.54, 1.807) is 6.07 Å². The van der Waals surface area contributed by atoms with Crippen LogP contribution in [-0.2, 0) is 11.2 Å². The topological polar surface area (TPSA) is 52.9 Å². The van der Waals surface area contributed by atoms with E-state index in [4.69, 9.17) is 28.9 Å². The monoisotopic (exact) mass is 475 g/mol. The second kappa shape index (κ2) is 15.3. The van der Waals surface area contributed by atoms with E-state index < -0.39 is 6.04 Å². The van der Waals surface area contributed by atoms with Gasteiger partial charge in [-0.25, -0.2) is 5.73 Å². The summed E-state index contributed by atoms with van der Waals surface area (Å²) in [5.41, 5.74) is 11.1. The van der Waals surface area contributed by atoms with Crippen molar-refractivity contribution < 1.29 is 4.79 Å². The first kappa shape index (κ1) is 26.7. The number of nitrogens with one attached hydrogen (secondary N) is 2. The number of hydrogen-bond acceptors (Lipinski definition) is 1. The number of rotatable bonds is 15. The van der Waals surface area contributed by atoms with Crippen LogP contribution in [0.2, 0.25) is 10.0 Å². The molecule has 0 saturated heterocycles. The molecule has 0 aliphatic heterocycles. The van der Waals surface area contributed by atoms with E-state index in [0.717, 1.165) is 29.7 Å². The number of anilines is 1. The van der Waals surface area contributed by atoms with Gasteiger partial charge >= 0.3 is 0 Å². The number of amides is 1. The van der Waals surface area contributed by atoms with Gasteiger partial charge in [0.1, 0.15) is 0 Å². The Labute approximate surface area is 204 Å². The zero-order valence-corrected chi connectivity index (χ0v) is 20.8. The second-order valence-electron chi connectivity index (χ2n) is 8.64. The summed E-state index contributed by atoms with van der Waals surface area (Å²) >= 11 is 12.1. The maximum absolute atomic E-state index is 12.2. The highest BCUT2D eigenvalue weighted by atomic mass is 35.5. The lowest BCUT2D eigenvalue weighted by atomic mass is 9.99. The standard InChI is InChI=1S/C27H37Cl2N2O/c1-2-3-4-5-6-7-8-9-10-11-12-27(32)31-25-15-13-22(14-16-25)26(30)19-21-17-23(28)20-24(29)18-21/h13-18,20,26,30H,2-12,19H2,1H3,(H,31,32). The van der Waals surface area contributed by atoms with E-state index in [0.29, 0.717) is 22.9 Å². The van der Waals surface area contributed by atoms with Crippen LogP contribution >= 0.6 is 23.2 Å². The average molecular weight is 477 g/mol. The lowest BCUT2D eigenvalue weighted by Crippen LogP contribution is -2.11. The van der Waals surface area contributed by atoms with Crippen LogP contribution in [0.5, 0.6) is 0 Å². The molecule has 0 bridgehead atoms. The third-order valence-electron chi connectivity index (χ3n) is 5.72. The van der Waals surface area contributed by atoms with Gasteiger partial charge in [-0.3, -0.25) is 4.79 Å². The number of halogens is 2. The Morgan fingerprint density at radius 3 is 1.94 bits per heavy atom. The number of carbonyl (C=O) groups excluding carboxylic acids is 1. The van der Waals surface area contributed by atoms with Gasteiger partial charge in [0.05, 0.1) is 6.04 Å². The fourth-order valence-electron chi connectivity index (χ4n) is 3.88. The first-order valence-corrected chi connectivity index (χ1v) is 12.8. The molecule has 1 radical (unpaired) electrons. The SMILES string of the molecule is CCCCCCCCCCCCC(=O)Nc1ccc(C([NH])Cc2cc(Cl)cc(Cl)c2)cc1. The molecular weight excluding hydrogens is 439 g/mol. The van der Waals surface area contributed by atoms with Crippen LogP contribution in [0.25, 0.3) is 0 Å². The van der Waals surface area contributed by atoms with E-state index in [2.05, 4.69) is 12.2 Å². The molecule has 3 nitrogen and oxygen atoms in total. The largest absolute Gasteiger partial charge is 0.326 e. The van der Waals surface area contributed by atoms with Gasteiger partial charge in [-0.05, 0) is 54.3 Å². The molecule has 2 rings (SSSR count). The van der Waals surface area contributed by atoms with Crippen LogP contribution in [0.4, 0.5) is 5.69 Å². The molecule has 175 valence electrons. The molecule has 0 aliphatic carbocycles. The van der Waals surface area contributed by atoms with Crippen molar-refractivity contribution in [2.75, 3.05) is 5.32 Å². The minimum Gasteiger partial charge on any atom is -0.326 e. The second-order valence-corrected chi connectivity index (χ2v) is 9.51. The first-order valence-electron chi connectivity index (χ1n) is 12.0. The van der Waals surface area contributed by atoms with Gasteiger partial charge in [0.15, 0.2) is 0 Å². The molecule has 2 aromatic rings. The van der Waals surface area contributed by atoms with Crippen LogP contribution in [0.1, 0.15) is 94.7 Å². The minimum atomic E-state index is -0.416. The van der Waals surface area contributed by atoms with Crippen LogP contribution in [0, 0.1) is 0 Å². The lowest BCUT2D eigenvalue weighted by molar-refractivity contribution is -0.116. The number of carbonyl (C=O) groups is 1. The van der Waals surface area contributed by atoms with E-state index in [-0.39, 0.29) is 5.91 Å². The summed E-state index contributed by atoms with van der Waals surface area (Å²) < 4.78 is 0. The van der Waals surface area contributed by atoms with Crippen molar-refractivity contribution in [1.82, 2.24) is 5.73 Å². The summed E-state index contributed by atoms with van der Waals surface area (Å²) in [6.45, 7) is 2.25. The molecule has 0 fully saturated rings. The van der Waals surface area contributed by atoms with Gasteiger partial charge in [-0.2, -0.15) is 0 Å². The normalized spacial score (nSPS) is 12.0. The fraction of sp³-hybridized carbons (Fsp3) is 0.519. The molecule has 0 heterocycles. The Balaban J connectivity index is 1.63. The van der Waals surface area contributed by atoms with E-state index in [9.17, 15) is 4.79 Å². The predicted octanol–water partition coefficient (Wildman–Crippen LogP) is 8.81. The Morgan fingerprint density at radius 1 is 0.844 bits per heavy atom. The molecule has 1 amide bonds. The smallest absolute Gasteiger partial charge is 0.224 e. The maximum Gasteiger partial charge on any atom is 0.224 e. The van der Waals surface area contributed by atoms with E-state index in [1.807, 2.05) is 36.4 Å². The molecule has 1 atom stereocenters. The molecule has 0 aliphatic rings. The van der Waals surface area contributed by atoms with Gasteiger partial charge in [0.2, 0.25) is 5.91 Å². The van der Waals surface area contributed by atoms with Gasteiger partial charge < -0.3 is 5.32 Å². The zero-order valence-electron chi connectivity index (χ0n) is 19.3. The molecular formula is C27H37Cl2N2O. The lowest BCUT2D eigenvalue weighted by Gasteiger charge is -2.13. The van der Waals surface area contributed by atoms with Crippen LogP contribution < -0.4 is 11.1 Å². The third-order valence-corrected chi connectivity index (χ3v) is 6.15. The Bertz CT molecular complexity index is 788. The maximum atomic E-state index is 12.2.